The summed E-state index contributed by atoms with van der Waals surface area (Å²) in [4.78, 5) is 12.0. The van der Waals surface area contributed by atoms with E-state index in [1.54, 1.807) is 0 Å². The first kappa shape index (κ1) is 20.3. The Balaban J connectivity index is 2.07. The second-order valence-corrected chi connectivity index (χ2v) is 7.99. The van der Waals surface area contributed by atoms with Crippen molar-refractivity contribution in [3.05, 3.63) is 62.8 Å². The van der Waals surface area contributed by atoms with E-state index in [1.807, 2.05) is 0 Å². The fourth-order valence-electron chi connectivity index (χ4n) is 2.66. The van der Waals surface area contributed by atoms with Crippen molar-refractivity contribution in [3.8, 4) is 22.7 Å². The van der Waals surface area contributed by atoms with Crippen LogP contribution in [0.5, 0.6) is 5.75 Å². The number of thiazole rings is 1. The smallest absolute Gasteiger partial charge is 0.406 e. The molecule has 0 aliphatic heterocycles. The van der Waals surface area contributed by atoms with Gasteiger partial charge in [-0.2, -0.15) is 0 Å². The van der Waals surface area contributed by atoms with E-state index in [-0.39, 0.29) is 21.1 Å². The van der Waals surface area contributed by atoms with Gasteiger partial charge in [-0.15, -0.1) is 13.2 Å². The van der Waals surface area contributed by atoms with E-state index in [9.17, 15) is 26.6 Å². The van der Waals surface area contributed by atoms with E-state index >= 15 is 0 Å². The number of alkyl halides is 3. The molecule has 0 spiro atoms. The molecule has 28 heavy (non-hydrogen) atoms. The average molecular weight is 431 g/mol. The summed E-state index contributed by atoms with van der Waals surface area (Å²) in [6.07, 6.45) is -3.47. The van der Waals surface area contributed by atoms with Crippen LogP contribution in [0.2, 0.25) is 0 Å². The lowest BCUT2D eigenvalue weighted by atomic mass is 10.1. The van der Waals surface area contributed by atoms with Gasteiger partial charge in [-0.3, -0.25) is 13.6 Å². The molecule has 1 aromatic heterocycles. The van der Waals surface area contributed by atoms with Crippen LogP contribution in [0, 0.1) is 12.7 Å². The summed E-state index contributed by atoms with van der Waals surface area (Å²) in [7, 11) is -1.50. The van der Waals surface area contributed by atoms with Crippen LogP contribution in [0.4, 0.5) is 17.6 Å². The first-order valence-corrected chi connectivity index (χ1v) is 10.2. The van der Waals surface area contributed by atoms with Gasteiger partial charge in [-0.1, -0.05) is 17.4 Å². The Labute approximate surface area is 163 Å². The van der Waals surface area contributed by atoms with Crippen molar-refractivity contribution in [1.29, 1.82) is 0 Å². The highest BCUT2D eigenvalue weighted by atomic mass is 32.2. The zero-order valence-electron chi connectivity index (χ0n) is 14.5. The fraction of sp³-hybridized carbons (Fsp3) is 0.167. The number of hydrogen-bond donors (Lipinski definition) is 0. The predicted octanol–water partition coefficient (Wildman–Crippen LogP) is 4.65. The lowest BCUT2D eigenvalue weighted by molar-refractivity contribution is -0.274. The molecule has 0 radical (unpaired) electrons. The Bertz CT molecular complexity index is 1120. The molecule has 4 nitrogen and oxygen atoms in total. The SMILES string of the molecule is Cc1cc(-n2c(-c3ccc(S(C)=O)c(F)c3)csc2=O)ccc1OC(F)(F)F. The molecule has 0 bridgehead atoms. The largest absolute Gasteiger partial charge is 0.573 e. The number of benzene rings is 2. The molecule has 148 valence electrons. The maximum atomic E-state index is 14.2. The van der Waals surface area contributed by atoms with E-state index in [0.717, 1.165) is 17.4 Å². The number of aromatic nitrogens is 1. The summed E-state index contributed by atoms with van der Waals surface area (Å²) in [5.74, 6) is -1.05. The summed E-state index contributed by atoms with van der Waals surface area (Å²) in [6, 6.07) is 7.89. The van der Waals surface area contributed by atoms with Crippen LogP contribution in [-0.4, -0.2) is 21.4 Å². The summed E-state index contributed by atoms with van der Waals surface area (Å²) in [5, 5.41) is 1.52. The molecule has 2 aromatic carbocycles. The third-order valence-corrected chi connectivity index (χ3v) is 5.55. The van der Waals surface area contributed by atoms with Gasteiger partial charge in [-0.05, 0) is 42.8 Å². The summed E-state index contributed by atoms with van der Waals surface area (Å²) < 4.78 is 68.2. The van der Waals surface area contributed by atoms with Gasteiger partial charge in [0.2, 0.25) is 0 Å². The average Bonchev–Trinajstić information content (AvgIpc) is 2.97. The number of nitrogens with zero attached hydrogens (tertiary/aromatic N) is 1. The molecule has 1 unspecified atom stereocenters. The van der Waals surface area contributed by atoms with Crippen LogP contribution < -0.4 is 9.61 Å². The summed E-state index contributed by atoms with van der Waals surface area (Å²) >= 11 is 0.871. The van der Waals surface area contributed by atoms with Crippen molar-refractivity contribution in [2.24, 2.45) is 0 Å². The molecule has 0 aliphatic carbocycles. The Kier molecular flexibility index (Phi) is 5.44. The molecule has 0 saturated carbocycles. The lowest BCUT2D eigenvalue weighted by Crippen LogP contribution is -2.18. The monoisotopic (exact) mass is 431 g/mol. The van der Waals surface area contributed by atoms with Crippen molar-refractivity contribution in [3.63, 3.8) is 0 Å². The van der Waals surface area contributed by atoms with Gasteiger partial charge in [0.1, 0.15) is 11.6 Å². The normalized spacial score (nSPS) is 12.8. The Morgan fingerprint density at radius 2 is 1.86 bits per heavy atom. The molecule has 10 heteroatoms. The highest BCUT2D eigenvalue weighted by Crippen LogP contribution is 2.30. The molecular formula is C18H13F4NO3S2. The highest BCUT2D eigenvalue weighted by molar-refractivity contribution is 7.84. The van der Waals surface area contributed by atoms with Crippen LogP contribution in [0.1, 0.15) is 5.56 Å². The first-order valence-electron chi connectivity index (χ1n) is 7.77. The minimum Gasteiger partial charge on any atom is -0.406 e. The number of halogens is 4. The minimum absolute atomic E-state index is 0.0392. The van der Waals surface area contributed by atoms with E-state index < -0.39 is 23.0 Å². The maximum Gasteiger partial charge on any atom is 0.573 e. The van der Waals surface area contributed by atoms with Gasteiger partial charge in [-0.25, -0.2) is 4.39 Å². The summed E-state index contributed by atoms with van der Waals surface area (Å²) in [5.41, 5.74) is 1.24. The fourth-order valence-corrected chi connectivity index (χ4v) is 4.01. The van der Waals surface area contributed by atoms with E-state index in [1.165, 1.54) is 53.5 Å². The first-order chi connectivity index (χ1) is 13.1. The highest BCUT2D eigenvalue weighted by Gasteiger charge is 2.31. The molecule has 0 saturated heterocycles. The number of ether oxygens (including phenoxy) is 1. The molecule has 0 N–H and O–H groups in total. The Morgan fingerprint density at radius 3 is 2.43 bits per heavy atom. The quantitative estimate of drug-likeness (QED) is 0.565. The van der Waals surface area contributed by atoms with Crippen LogP contribution in [0.15, 0.2) is 51.5 Å². The van der Waals surface area contributed by atoms with Gasteiger partial charge in [0.15, 0.2) is 0 Å². The molecule has 3 rings (SSSR count). The van der Waals surface area contributed by atoms with Crippen molar-refractivity contribution < 1.29 is 26.5 Å². The molecule has 0 aliphatic rings. The maximum absolute atomic E-state index is 14.2. The molecule has 0 amide bonds. The zero-order chi connectivity index (χ0) is 20.6. The van der Waals surface area contributed by atoms with Crippen LogP contribution in [-0.2, 0) is 10.8 Å². The standard InChI is InChI=1S/C18H13F4NO3S2/c1-10-7-12(4-5-15(10)26-18(20,21)22)23-14(9-27-17(23)24)11-3-6-16(28(2)25)13(19)8-11/h3-9H,1-2H3. The second kappa shape index (κ2) is 7.51. The van der Waals surface area contributed by atoms with Gasteiger partial charge >= 0.3 is 11.2 Å². The van der Waals surface area contributed by atoms with Gasteiger partial charge < -0.3 is 4.74 Å². The Hall–Kier alpha value is -2.46. The van der Waals surface area contributed by atoms with E-state index in [2.05, 4.69) is 4.74 Å². The number of rotatable bonds is 4. The van der Waals surface area contributed by atoms with Crippen LogP contribution >= 0.6 is 11.3 Å². The zero-order valence-corrected chi connectivity index (χ0v) is 16.2. The third-order valence-electron chi connectivity index (χ3n) is 3.87. The molecule has 1 atom stereocenters. The van der Waals surface area contributed by atoms with Crippen molar-refractivity contribution in [2.75, 3.05) is 6.26 Å². The summed E-state index contributed by atoms with van der Waals surface area (Å²) in [6.45, 7) is 1.42. The molecule has 3 aromatic rings. The van der Waals surface area contributed by atoms with Gasteiger partial charge in [0.25, 0.3) is 0 Å². The molecular weight excluding hydrogens is 418 g/mol. The third kappa shape index (κ3) is 4.17. The van der Waals surface area contributed by atoms with Crippen LogP contribution in [0.3, 0.4) is 0 Å². The van der Waals surface area contributed by atoms with Crippen LogP contribution in [0.25, 0.3) is 16.9 Å². The minimum atomic E-state index is -4.82. The number of hydrogen-bond acceptors (Lipinski definition) is 4. The molecule has 0 fully saturated rings. The van der Waals surface area contributed by atoms with Gasteiger partial charge in [0.05, 0.1) is 27.1 Å². The predicted molar refractivity (Wildman–Crippen MR) is 99.1 cm³/mol. The lowest BCUT2D eigenvalue weighted by Gasteiger charge is -2.14. The topological polar surface area (TPSA) is 48.3 Å². The van der Waals surface area contributed by atoms with E-state index in [0.29, 0.717) is 16.9 Å². The Morgan fingerprint density at radius 1 is 1.14 bits per heavy atom. The number of aryl methyl sites for hydroxylation is 1. The van der Waals surface area contributed by atoms with Crippen molar-refractivity contribution in [1.82, 2.24) is 4.57 Å². The second-order valence-electron chi connectivity index (χ2n) is 5.82. The van der Waals surface area contributed by atoms with Crippen molar-refractivity contribution in [2.45, 2.75) is 18.2 Å². The van der Waals surface area contributed by atoms with E-state index in [4.69, 9.17) is 0 Å². The van der Waals surface area contributed by atoms with Gasteiger partial charge in [0, 0.05) is 17.2 Å². The molecule has 1 heterocycles. The van der Waals surface area contributed by atoms with Crippen molar-refractivity contribution >= 4 is 22.1 Å².